The molecule has 7 nitrogen and oxygen atoms in total. The highest BCUT2D eigenvalue weighted by Gasteiger charge is 2.79. The Kier molecular flexibility index (Phi) is 5.65. The van der Waals surface area contributed by atoms with Crippen molar-refractivity contribution in [1.29, 1.82) is 0 Å². The molecular formula is C26H26F5N5O2. The standard InChI is InChI=1S/C26H26F5N5O2/c1-13-14(2)33-23-20(32-13)21(24-10-25(11-24,12-24)26(29,30)31)34-22(35-23)15-5-6-38-17(7-15)16-3-4-19(37)36(8-16)9-18(27)28/h3-4,8,15,17-18H,5-7,9-12H2,1-2H3/t15-,17+,24?,25?/m0/s1. The molecule has 38 heavy (non-hydrogen) atoms. The van der Waals surface area contributed by atoms with E-state index in [-0.39, 0.29) is 25.2 Å². The summed E-state index contributed by atoms with van der Waals surface area (Å²) in [5.74, 6) is 0.282. The third-order valence-electron chi connectivity index (χ3n) is 8.46. The van der Waals surface area contributed by atoms with Crippen LogP contribution in [-0.2, 0) is 16.7 Å². The normalized spacial score (nSPS) is 28.8. The molecule has 3 saturated carbocycles. The molecule has 0 aromatic carbocycles. The lowest BCUT2D eigenvalue weighted by atomic mass is 9.34. The van der Waals surface area contributed by atoms with Crippen molar-refractivity contribution in [3.8, 4) is 0 Å². The molecule has 2 bridgehead atoms. The Hall–Kier alpha value is -3.02. The van der Waals surface area contributed by atoms with Crippen LogP contribution >= 0.6 is 0 Å². The van der Waals surface area contributed by atoms with Gasteiger partial charge in [0.15, 0.2) is 5.65 Å². The maximum absolute atomic E-state index is 13.6. The van der Waals surface area contributed by atoms with Gasteiger partial charge in [-0.05, 0) is 57.6 Å². The molecule has 3 aromatic heterocycles. The fourth-order valence-corrected chi connectivity index (χ4v) is 6.32. The van der Waals surface area contributed by atoms with Gasteiger partial charge in [-0.1, -0.05) is 0 Å². The summed E-state index contributed by atoms with van der Waals surface area (Å²) < 4.78 is 73.5. The zero-order chi connectivity index (χ0) is 27.0. The Balaban J connectivity index is 1.35. The molecule has 4 aliphatic rings. The lowest BCUT2D eigenvalue weighted by molar-refractivity contribution is -0.337. The Morgan fingerprint density at radius 3 is 2.47 bits per heavy atom. The van der Waals surface area contributed by atoms with E-state index in [1.54, 1.807) is 13.0 Å². The smallest absolute Gasteiger partial charge is 0.373 e. The summed E-state index contributed by atoms with van der Waals surface area (Å²) in [5.41, 5.74) is 0.466. The number of hydrogen-bond donors (Lipinski definition) is 0. The highest BCUT2D eigenvalue weighted by atomic mass is 19.4. The number of aryl methyl sites for hydroxylation is 2. The van der Waals surface area contributed by atoms with Crippen LogP contribution in [0, 0.1) is 19.3 Å². The second-order valence-corrected chi connectivity index (χ2v) is 11.0. The van der Waals surface area contributed by atoms with Crippen molar-refractivity contribution in [3.05, 3.63) is 57.2 Å². The number of halogens is 5. The van der Waals surface area contributed by atoms with Crippen LogP contribution in [0.25, 0.3) is 11.2 Å². The summed E-state index contributed by atoms with van der Waals surface area (Å²) in [7, 11) is 0. The molecule has 0 radical (unpaired) electrons. The average molecular weight is 536 g/mol. The van der Waals surface area contributed by atoms with Crippen molar-refractivity contribution in [3.63, 3.8) is 0 Å². The third-order valence-corrected chi connectivity index (χ3v) is 8.46. The van der Waals surface area contributed by atoms with Gasteiger partial charge < -0.3 is 9.30 Å². The number of pyridine rings is 1. The summed E-state index contributed by atoms with van der Waals surface area (Å²) in [4.78, 5) is 30.8. The highest BCUT2D eigenvalue weighted by Crippen LogP contribution is 2.78. The number of nitrogens with zero attached hydrogens (tertiary/aromatic N) is 5. The predicted molar refractivity (Wildman–Crippen MR) is 126 cm³/mol. The molecule has 7 rings (SSSR count). The lowest BCUT2D eigenvalue weighted by Crippen LogP contribution is -2.70. The number of aromatic nitrogens is 5. The summed E-state index contributed by atoms with van der Waals surface area (Å²) in [6.45, 7) is 3.25. The van der Waals surface area contributed by atoms with E-state index in [4.69, 9.17) is 14.7 Å². The molecule has 1 aliphatic heterocycles. The Bertz CT molecular complexity index is 1470. The fourth-order valence-electron chi connectivity index (χ4n) is 6.32. The van der Waals surface area contributed by atoms with Gasteiger partial charge in [-0.25, -0.2) is 28.7 Å². The van der Waals surface area contributed by atoms with E-state index in [0.29, 0.717) is 59.1 Å². The molecule has 202 valence electrons. The molecule has 0 amide bonds. The van der Waals surface area contributed by atoms with Crippen LogP contribution in [0.3, 0.4) is 0 Å². The molecule has 1 saturated heterocycles. The SMILES string of the molecule is Cc1nc2nc([C@H]3CCO[C@@H](c4ccc(=O)n(CC(F)F)c4)C3)nc(C34CC(C(F)(F)F)(C3)C4)c2nc1C. The number of ether oxygens (including phenoxy) is 1. The van der Waals surface area contributed by atoms with Gasteiger partial charge in [0, 0.05) is 30.2 Å². The van der Waals surface area contributed by atoms with Gasteiger partial charge in [-0.3, -0.25) is 4.79 Å². The quantitative estimate of drug-likeness (QED) is 0.424. The van der Waals surface area contributed by atoms with Crippen LogP contribution in [-0.4, -0.2) is 43.7 Å². The molecule has 4 fully saturated rings. The minimum atomic E-state index is -4.24. The number of alkyl halides is 5. The van der Waals surface area contributed by atoms with Crippen molar-refractivity contribution in [2.45, 2.75) is 82.5 Å². The van der Waals surface area contributed by atoms with E-state index in [1.807, 2.05) is 6.92 Å². The van der Waals surface area contributed by atoms with Gasteiger partial charge in [-0.15, -0.1) is 0 Å². The maximum Gasteiger partial charge on any atom is 0.394 e. The largest absolute Gasteiger partial charge is 0.394 e. The Morgan fingerprint density at radius 2 is 1.79 bits per heavy atom. The molecule has 0 spiro atoms. The summed E-state index contributed by atoms with van der Waals surface area (Å²) in [6, 6.07) is 2.81. The van der Waals surface area contributed by atoms with Gasteiger partial charge >= 0.3 is 6.18 Å². The van der Waals surface area contributed by atoms with E-state index in [9.17, 15) is 26.7 Å². The van der Waals surface area contributed by atoms with Gasteiger partial charge in [-0.2, -0.15) is 13.2 Å². The monoisotopic (exact) mass is 535 g/mol. The first kappa shape index (κ1) is 25.3. The Labute approximate surface area is 214 Å². The van der Waals surface area contributed by atoms with E-state index < -0.39 is 41.6 Å². The number of rotatable bonds is 5. The van der Waals surface area contributed by atoms with Gasteiger partial charge in [0.25, 0.3) is 12.0 Å². The summed E-state index contributed by atoms with van der Waals surface area (Å²) in [5, 5.41) is 0. The van der Waals surface area contributed by atoms with Crippen LogP contribution in [0.4, 0.5) is 22.0 Å². The highest BCUT2D eigenvalue weighted by molar-refractivity contribution is 5.75. The zero-order valence-electron chi connectivity index (χ0n) is 20.9. The van der Waals surface area contributed by atoms with E-state index in [1.165, 1.54) is 12.3 Å². The molecule has 3 aromatic rings. The van der Waals surface area contributed by atoms with Crippen LogP contribution in [0.1, 0.15) is 72.6 Å². The van der Waals surface area contributed by atoms with E-state index >= 15 is 0 Å². The topological polar surface area (TPSA) is 82.8 Å². The van der Waals surface area contributed by atoms with Crippen molar-refractivity contribution < 1.29 is 26.7 Å². The van der Waals surface area contributed by atoms with Gasteiger partial charge in [0.2, 0.25) is 0 Å². The third kappa shape index (κ3) is 3.90. The van der Waals surface area contributed by atoms with Gasteiger partial charge in [0.05, 0.1) is 35.1 Å². The Morgan fingerprint density at radius 1 is 1.08 bits per heavy atom. The van der Waals surface area contributed by atoms with Crippen LogP contribution in [0.15, 0.2) is 23.1 Å². The molecule has 4 heterocycles. The molecule has 0 unspecified atom stereocenters. The maximum atomic E-state index is 13.6. The predicted octanol–water partition coefficient (Wildman–Crippen LogP) is 5.08. The first-order chi connectivity index (χ1) is 17.9. The first-order valence-electron chi connectivity index (χ1n) is 12.6. The van der Waals surface area contributed by atoms with Crippen LogP contribution < -0.4 is 5.56 Å². The molecule has 0 N–H and O–H groups in total. The van der Waals surface area contributed by atoms with Crippen LogP contribution in [0.2, 0.25) is 0 Å². The lowest BCUT2D eigenvalue weighted by Gasteiger charge is -2.70. The van der Waals surface area contributed by atoms with E-state index in [2.05, 4.69) is 9.97 Å². The van der Waals surface area contributed by atoms with Crippen LogP contribution in [0.5, 0.6) is 0 Å². The summed E-state index contributed by atoms with van der Waals surface area (Å²) >= 11 is 0. The molecule has 3 aliphatic carbocycles. The van der Waals surface area contributed by atoms with Crippen molar-refractivity contribution >= 4 is 11.2 Å². The second kappa shape index (κ2) is 8.49. The molecule has 2 atom stereocenters. The fraction of sp³-hybridized carbons (Fsp3) is 0.577. The summed E-state index contributed by atoms with van der Waals surface area (Å²) in [6.07, 6.45) is -5.02. The van der Waals surface area contributed by atoms with Gasteiger partial charge in [0.1, 0.15) is 11.3 Å². The number of fused-ring (bicyclic) bond motifs is 1. The second-order valence-electron chi connectivity index (χ2n) is 11.0. The minimum Gasteiger partial charge on any atom is -0.373 e. The average Bonchev–Trinajstić information content (AvgIpc) is 2.78. The molecule has 12 heteroatoms. The van der Waals surface area contributed by atoms with E-state index in [0.717, 1.165) is 4.57 Å². The van der Waals surface area contributed by atoms with Crippen molar-refractivity contribution in [1.82, 2.24) is 24.5 Å². The number of hydrogen-bond acceptors (Lipinski definition) is 6. The van der Waals surface area contributed by atoms with Crippen molar-refractivity contribution in [2.75, 3.05) is 6.61 Å². The molecular weight excluding hydrogens is 509 g/mol. The van der Waals surface area contributed by atoms with Crippen molar-refractivity contribution in [2.24, 2.45) is 5.41 Å². The zero-order valence-corrected chi connectivity index (χ0v) is 20.9. The minimum absolute atomic E-state index is 0.00819. The first-order valence-corrected chi connectivity index (χ1v) is 12.6.